The summed E-state index contributed by atoms with van der Waals surface area (Å²) in [5, 5.41) is 8.83. The van der Waals surface area contributed by atoms with Crippen molar-refractivity contribution in [3.63, 3.8) is 0 Å². The van der Waals surface area contributed by atoms with Crippen molar-refractivity contribution in [1.82, 2.24) is 0 Å². The van der Waals surface area contributed by atoms with Crippen molar-refractivity contribution in [1.29, 1.82) is 0 Å². The van der Waals surface area contributed by atoms with Gasteiger partial charge in [0.15, 0.2) is 0 Å². The molecule has 1 aromatic carbocycles. The van der Waals surface area contributed by atoms with Crippen molar-refractivity contribution in [2.45, 2.75) is 38.1 Å². The highest BCUT2D eigenvalue weighted by Crippen LogP contribution is 2.28. The SMILES string of the molecule is O=C(O)CCN(c1ccccc1)C1CCCC1. The first-order valence-corrected chi connectivity index (χ1v) is 6.31. The topological polar surface area (TPSA) is 40.5 Å². The molecule has 0 heterocycles. The number of hydrogen-bond donors (Lipinski definition) is 1. The number of benzene rings is 1. The number of nitrogens with zero attached hydrogens (tertiary/aromatic N) is 1. The Hall–Kier alpha value is -1.51. The zero-order valence-corrected chi connectivity index (χ0v) is 10.0. The molecule has 1 saturated carbocycles. The summed E-state index contributed by atoms with van der Waals surface area (Å²) in [4.78, 5) is 13.0. The van der Waals surface area contributed by atoms with Gasteiger partial charge in [0, 0.05) is 18.3 Å². The number of carboxylic acid groups (broad SMARTS) is 1. The van der Waals surface area contributed by atoms with E-state index < -0.39 is 5.97 Å². The minimum atomic E-state index is -0.719. The largest absolute Gasteiger partial charge is 0.481 e. The van der Waals surface area contributed by atoms with Gasteiger partial charge in [-0.25, -0.2) is 0 Å². The van der Waals surface area contributed by atoms with Gasteiger partial charge in [-0.3, -0.25) is 4.79 Å². The molecule has 92 valence electrons. The normalized spacial score (nSPS) is 16.0. The summed E-state index contributed by atoms with van der Waals surface area (Å²) in [5.74, 6) is -0.719. The van der Waals surface area contributed by atoms with Crippen LogP contribution < -0.4 is 4.90 Å². The predicted octanol–water partition coefficient (Wildman–Crippen LogP) is 2.91. The van der Waals surface area contributed by atoms with Crippen molar-refractivity contribution >= 4 is 11.7 Å². The average Bonchev–Trinajstić information content (AvgIpc) is 2.84. The standard InChI is InChI=1S/C14H19NO2/c16-14(17)10-11-15(13-8-4-5-9-13)12-6-2-1-3-7-12/h1-3,6-7,13H,4-5,8-11H2,(H,16,17). The molecule has 0 aliphatic heterocycles. The van der Waals surface area contributed by atoms with Gasteiger partial charge in [-0.05, 0) is 25.0 Å². The summed E-state index contributed by atoms with van der Waals surface area (Å²) in [6.45, 7) is 0.615. The molecule has 0 atom stereocenters. The van der Waals surface area contributed by atoms with Crippen molar-refractivity contribution in [2.24, 2.45) is 0 Å². The molecular weight excluding hydrogens is 214 g/mol. The minimum Gasteiger partial charge on any atom is -0.481 e. The van der Waals surface area contributed by atoms with E-state index in [2.05, 4.69) is 17.0 Å². The van der Waals surface area contributed by atoms with Crippen molar-refractivity contribution in [2.75, 3.05) is 11.4 Å². The molecule has 3 heteroatoms. The molecular formula is C14H19NO2. The van der Waals surface area contributed by atoms with E-state index in [1.807, 2.05) is 18.2 Å². The second-order valence-corrected chi connectivity index (χ2v) is 4.61. The molecule has 0 spiro atoms. The van der Waals surface area contributed by atoms with Crippen LogP contribution in [0.1, 0.15) is 32.1 Å². The molecule has 1 aliphatic rings. The van der Waals surface area contributed by atoms with Crippen molar-refractivity contribution in [3.05, 3.63) is 30.3 Å². The molecule has 2 rings (SSSR count). The lowest BCUT2D eigenvalue weighted by atomic mass is 10.1. The van der Waals surface area contributed by atoms with E-state index in [1.165, 1.54) is 25.7 Å². The van der Waals surface area contributed by atoms with Crippen LogP contribution in [0.5, 0.6) is 0 Å². The van der Waals surface area contributed by atoms with Crippen LogP contribution in [0.3, 0.4) is 0 Å². The van der Waals surface area contributed by atoms with Crippen LogP contribution in [0, 0.1) is 0 Å². The predicted molar refractivity (Wildman–Crippen MR) is 68.3 cm³/mol. The first-order valence-electron chi connectivity index (χ1n) is 6.31. The Labute approximate surface area is 102 Å². The van der Waals surface area contributed by atoms with Crippen LogP contribution in [0.25, 0.3) is 0 Å². The van der Waals surface area contributed by atoms with Crippen LogP contribution in [-0.4, -0.2) is 23.7 Å². The lowest BCUT2D eigenvalue weighted by molar-refractivity contribution is -0.136. The second-order valence-electron chi connectivity index (χ2n) is 4.61. The van der Waals surface area contributed by atoms with Crippen molar-refractivity contribution < 1.29 is 9.90 Å². The highest BCUT2D eigenvalue weighted by Gasteiger charge is 2.22. The first kappa shape index (κ1) is 12.0. The third kappa shape index (κ3) is 3.22. The monoisotopic (exact) mass is 233 g/mol. The number of carboxylic acids is 1. The zero-order valence-electron chi connectivity index (χ0n) is 10.0. The number of hydrogen-bond acceptors (Lipinski definition) is 2. The summed E-state index contributed by atoms with van der Waals surface area (Å²) in [7, 11) is 0. The third-order valence-corrected chi connectivity index (χ3v) is 3.42. The Morgan fingerprint density at radius 1 is 1.24 bits per heavy atom. The van der Waals surface area contributed by atoms with Gasteiger partial charge in [-0.1, -0.05) is 31.0 Å². The number of anilines is 1. The molecule has 0 radical (unpaired) electrons. The quantitative estimate of drug-likeness (QED) is 0.850. The number of carbonyl (C=O) groups is 1. The van der Waals surface area contributed by atoms with Gasteiger partial charge in [0.1, 0.15) is 0 Å². The Kier molecular flexibility index (Phi) is 4.02. The van der Waals surface area contributed by atoms with Gasteiger partial charge in [-0.15, -0.1) is 0 Å². The fourth-order valence-corrected chi connectivity index (χ4v) is 2.57. The Morgan fingerprint density at radius 2 is 1.88 bits per heavy atom. The summed E-state index contributed by atoms with van der Waals surface area (Å²) >= 11 is 0. The maximum Gasteiger partial charge on any atom is 0.305 e. The average molecular weight is 233 g/mol. The molecule has 0 amide bonds. The van der Waals surface area contributed by atoms with Gasteiger partial charge in [-0.2, -0.15) is 0 Å². The van der Waals surface area contributed by atoms with Gasteiger partial charge in [0.25, 0.3) is 0 Å². The van der Waals surface area contributed by atoms with E-state index in [-0.39, 0.29) is 6.42 Å². The summed E-state index contributed by atoms with van der Waals surface area (Å²) in [6, 6.07) is 10.7. The van der Waals surface area contributed by atoms with Crippen LogP contribution in [0.2, 0.25) is 0 Å². The Bertz CT molecular complexity index is 358. The maximum absolute atomic E-state index is 10.7. The van der Waals surface area contributed by atoms with Gasteiger partial charge >= 0.3 is 5.97 Å². The summed E-state index contributed by atoms with van der Waals surface area (Å²) in [6.07, 6.45) is 5.12. The molecule has 17 heavy (non-hydrogen) atoms. The minimum absolute atomic E-state index is 0.214. The van der Waals surface area contributed by atoms with Crippen LogP contribution in [0.15, 0.2) is 30.3 Å². The molecule has 1 aromatic rings. The first-order chi connectivity index (χ1) is 8.27. The smallest absolute Gasteiger partial charge is 0.305 e. The van der Waals surface area contributed by atoms with Gasteiger partial charge in [0.05, 0.1) is 6.42 Å². The maximum atomic E-state index is 10.7. The molecule has 1 fully saturated rings. The number of rotatable bonds is 5. The fraction of sp³-hybridized carbons (Fsp3) is 0.500. The highest BCUT2D eigenvalue weighted by atomic mass is 16.4. The number of aliphatic carboxylic acids is 1. The lowest BCUT2D eigenvalue weighted by Gasteiger charge is -2.30. The van der Waals surface area contributed by atoms with Gasteiger partial charge < -0.3 is 10.0 Å². The molecule has 1 N–H and O–H groups in total. The highest BCUT2D eigenvalue weighted by molar-refractivity contribution is 5.67. The molecule has 0 unspecified atom stereocenters. The molecule has 0 bridgehead atoms. The van der Waals surface area contributed by atoms with E-state index in [0.717, 1.165) is 5.69 Å². The molecule has 1 aliphatic carbocycles. The van der Waals surface area contributed by atoms with E-state index in [9.17, 15) is 4.79 Å². The van der Waals surface area contributed by atoms with E-state index >= 15 is 0 Å². The third-order valence-electron chi connectivity index (χ3n) is 3.42. The Morgan fingerprint density at radius 3 is 2.47 bits per heavy atom. The van der Waals surface area contributed by atoms with E-state index in [1.54, 1.807) is 0 Å². The Balaban J connectivity index is 2.08. The zero-order chi connectivity index (χ0) is 12.1. The van der Waals surface area contributed by atoms with Crippen LogP contribution in [-0.2, 0) is 4.79 Å². The fourth-order valence-electron chi connectivity index (χ4n) is 2.57. The van der Waals surface area contributed by atoms with E-state index in [4.69, 9.17) is 5.11 Å². The van der Waals surface area contributed by atoms with E-state index in [0.29, 0.717) is 12.6 Å². The van der Waals surface area contributed by atoms with Gasteiger partial charge in [0.2, 0.25) is 0 Å². The molecule has 0 aromatic heterocycles. The summed E-state index contributed by atoms with van der Waals surface area (Å²) < 4.78 is 0. The molecule has 3 nitrogen and oxygen atoms in total. The summed E-state index contributed by atoms with van der Waals surface area (Å²) in [5.41, 5.74) is 1.15. The molecule has 0 saturated heterocycles. The number of para-hydroxylation sites is 1. The van der Waals surface area contributed by atoms with Crippen LogP contribution in [0.4, 0.5) is 5.69 Å². The van der Waals surface area contributed by atoms with Crippen LogP contribution >= 0.6 is 0 Å². The van der Waals surface area contributed by atoms with Crippen molar-refractivity contribution in [3.8, 4) is 0 Å². The second kappa shape index (κ2) is 5.71. The lowest BCUT2D eigenvalue weighted by Crippen LogP contribution is -2.35.